The minimum Gasteiger partial charge on any atom is -0.377 e. The van der Waals surface area contributed by atoms with E-state index in [0.717, 1.165) is 70.0 Å². The molecule has 2 aliphatic rings. The van der Waals surface area contributed by atoms with Gasteiger partial charge in [-0.1, -0.05) is 6.92 Å². The van der Waals surface area contributed by atoms with Crippen LogP contribution >= 0.6 is 0 Å². The molecule has 0 aromatic carbocycles. The van der Waals surface area contributed by atoms with Gasteiger partial charge in [-0.05, 0) is 44.7 Å². The number of nitrogens with zero attached hydrogens (tertiary/aromatic N) is 4. The van der Waals surface area contributed by atoms with Crippen LogP contribution in [0.15, 0.2) is 12.1 Å². The lowest BCUT2D eigenvalue weighted by atomic mass is 9.91. The van der Waals surface area contributed by atoms with Crippen molar-refractivity contribution in [3.8, 4) is 0 Å². The first-order chi connectivity index (χ1) is 11.7. The first kappa shape index (κ1) is 17.1. The van der Waals surface area contributed by atoms with Crippen LogP contribution in [-0.2, 0) is 9.53 Å². The number of anilines is 1. The van der Waals surface area contributed by atoms with Crippen molar-refractivity contribution >= 4 is 11.7 Å². The van der Waals surface area contributed by atoms with Gasteiger partial charge in [0.2, 0.25) is 5.91 Å². The molecule has 0 bridgehead atoms. The Balaban J connectivity index is 1.62. The Morgan fingerprint density at radius 3 is 2.83 bits per heavy atom. The highest BCUT2D eigenvalue weighted by Gasteiger charge is 2.34. The summed E-state index contributed by atoms with van der Waals surface area (Å²) in [5.74, 6) is 1.22. The first-order valence-electron chi connectivity index (χ1n) is 9.14. The zero-order valence-electron chi connectivity index (χ0n) is 14.8. The number of aromatic nitrogens is 2. The lowest BCUT2D eigenvalue weighted by Crippen LogP contribution is -2.45. The number of rotatable bonds is 3. The molecular formula is C18H28N4O2. The van der Waals surface area contributed by atoms with Crippen molar-refractivity contribution in [1.29, 1.82) is 0 Å². The van der Waals surface area contributed by atoms with Gasteiger partial charge in [-0.3, -0.25) is 4.79 Å². The average molecular weight is 332 g/mol. The molecule has 0 radical (unpaired) electrons. The van der Waals surface area contributed by atoms with Crippen LogP contribution in [0.5, 0.6) is 0 Å². The van der Waals surface area contributed by atoms with Crippen molar-refractivity contribution in [2.75, 3.05) is 37.7 Å². The van der Waals surface area contributed by atoms with Gasteiger partial charge in [-0.15, -0.1) is 5.10 Å². The van der Waals surface area contributed by atoms with E-state index in [1.165, 1.54) is 0 Å². The van der Waals surface area contributed by atoms with E-state index in [-0.39, 0.29) is 17.9 Å². The van der Waals surface area contributed by atoms with E-state index in [1.807, 2.05) is 24.0 Å². The van der Waals surface area contributed by atoms with Crippen LogP contribution in [0.25, 0.3) is 0 Å². The number of carbonyl (C=O) groups is 1. The molecule has 0 saturated carbocycles. The van der Waals surface area contributed by atoms with Gasteiger partial charge < -0.3 is 14.5 Å². The molecular weight excluding hydrogens is 304 g/mol. The molecule has 1 amide bonds. The molecule has 2 aliphatic heterocycles. The molecule has 2 fully saturated rings. The Labute approximate surface area is 144 Å². The number of hydrogen-bond acceptors (Lipinski definition) is 5. The summed E-state index contributed by atoms with van der Waals surface area (Å²) in [6, 6.07) is 4.00. The van der Waals surface area contributed by atoms with Gasteiger partial charge in [0.15, 0.2) is 5.82 Å². The SMILES string of the molecule is CC[C@@H]1OCCC[C@H]1C(=O)N1CCCN(c2ccc(C)nn2)CC1. The summed E-state index contributed by atoms with van der Waals surface area (Å²) in [4.78, 5) is 17.2. The van der Waals surface area contributed by atoms with Crippen molar-refractivity contribution in [3.63, 3.8) is 0 Å². The van der Waals surface area contributed by atoms with E-state index in [2.05, 4.69) is 22.0 Å². The second-order valence-electron chi connectivity index (χ2n) is 6.77. The zero-order valence-corrected chi connectivity index (χ0v) is 14.8. The molecule has 0 N–H and O–H groups in total. The largest absolute Gasteiger partial charge is 0.377 e. The topological polar surface area (TPSA) is 58.6 Å². The van der Waals surface area contributed by atoms with Crippen molar-refractivity contribution in [1.82, 2.24) is 15.1 Å². The lowest BCUT2D eigenvalue weighted by molar-refractivity contribution is -0.145. The molecule has 0 aliphatic carbocycles. The van der Waals surface area contributed by atoms with Crippen LogP contribution in [0.3, 0.4) is 0 Å². The van der Waals surface area contributed by atoms with Crippen LogP contribution in [0.1, 0.15) is 38.3 Å². The van der Waals surface area contributed by atoms with E-state index >= 15 is 0 Å². The third kappa shape index (κ3) is 3.86. The zero-order chi connectivity index (χ0) is 16.9. The molecule has 6 heteroatoms. The standard InChI is InChI=1S/C18H28N4O2/c1-3-16-15(6-4-13-24-16)18(23)22-10-5-9-21(11-12-22)17-8-7-14(2)19-20-17/h7-8,15-16H,3-6,9-13H2,1-2H3/t15-,16+/m1/s1. The van der Waals surface area contributed by atoms with E-state index < -0.39 is 0 Å². The number of ether oxygens (including phenoxy) is 1. The van der Waals surface area contributed by atoms with Crippen LogP contribution in [0, 0.1) is 12.8 Å². The Bertz CT molecular complexity index is 548. The second-order valence-corrected chi connectivity index (χ2v) is 6.77. The smallest absolute Gasteiger partial charge is 0.228 e. The van der Waals surface area contributed by atoms with E-state index in [4.69, 9.17) is 4.74 Å². The highest BCUT2D eigenvalue weighted by molar-refractivity contribution is 5.79. The highest BCUT2D eigenvalue weighted by atomic mass is 16.5. The van der Waals surface area contributed by atoms with E-state index in [0.29, 0.717) is 0 Å². The van der Waals surface area contributed by atoms with Gasteiger partial charge in [0.25, 0.3) is 0 Å². The van der Waals surface area contributed by atoms with Crippen LogP contribution in [0.2, 0.25) is 0 Å². The van der Waals surface area contributed by atoms with Crippen LogP contribution in [-0.4, -0.2) is 59.9 Å². The van der Waals surface area contributed by atoms with Crippen molar-refractivity contribution in [2.24, 2.45) is 5.92 Å². The fourth-order valence-corrected chi connectivity index (χ4v) is 3.69. The fourth-order valence-electron chi connectivity index (χ4n) is 3.69. The molecule has 2 saturated heterocycles. The number of hydrogen-bond donors (Lipinski definition) is 0. The molecule has 1 aromatic rings. The maximum absolute atomic E-state index is 13.0. The maximum Gasteiger partial charge on any atom is 0.228 e. The van der Waals surface area contributed by atoms with Gasteiger partial charge in [0, 0.05) is 32.8 Å². The third-order valence-electron chi connectivity index (χ3n) is 5.08. The van der Waals surface area contributed by atoms with Crippen molar-refractivity contribution in [3.05, 3.63) is 17.8 Å². The molecule has 3 rings (SSSR count). The van der Waals surface area contributed by atoms with Crippen molar-refractivity contribution in [2.45, 2.75) is 45.6 Å². The molecule has 0 unspecified atom stereocenters. The Kier molecular flexibility index (Phi) is 5.66. The Hall–Kier alpha value is -1.69. The molecule has 1 aromatic heterocycles. The van der Waals surface area contributed by atoms with E-state index in [9.17, 15) is 4.79 Å². The summed E-state index contributed by atoms with van der Waals surface area (Å²) in [5, 5.41) is 8.43. The minimum absolute atomic E-state index is 0.0365. The normalized spacial score (nSPS) is 25.4. The highest BCUT2D eigenvalue weighted by Crippen LogP contribution is 2.26. The molecule has 3 heterocycles. The number of aryl methyl sites for hydroxylation is 1. The fraction of sp³-hybridized carbons (Fsp3) is 0.722. The van der Waals surface area contributed by atoms with Gasteiger partial charge in [-0.2, -0.15) is 5.10 Å². The minimum atomic E-state index is 0.0365. The van der Waals surface area contributed by atoms with Crippen LogP contribution in [0.4, 0.5) is 5.82 Å². The Morgan fingerprint density at radius 1 is 1.21 bits per heavy atom. The summed E-state index contributed by atoms with van der Waals surface area (Å²) in [6.45, 7) is 8.14. The molecule has 6 nitrogen and oxygen atoms in total. The van der Waals surface area contributed by atoms with Crippen LogP contribution < -0.4 is 4.90 Å². The summed E-state index contributed by atoms with van der Waals surface area (Å²) >= 11 is 0. The van der Waals surface area contributed by atoms with Gasteiger partial charge in [0.1, 0.15) is 0 Å². The molecule has 24 heavy (non-hydrogen) atoms. The first-order valence-corrected chi connectivity index (χ1v) is 9.14. The quantitative estimate of drug-likeness (QED) is 0.848. The summed E-state index contributed by atoms with van der Waals surface area (Å²) in [5.41, 5.74) is 0.924. The monoisotopic (exact) mass is 332 g/mol. The third-order valence-corrected chi connectivity index (χ3v) is 5.08. The predicted octanol–water partition coefficient (Wildman–Crippen LogP) is 2.03. The molecule has 2 atom stereocenters. The number of amides is 1. The van der Waals surface area contributed by atoms with Gasteiger partial charge >= 0.3 is 0 Å². The maximum atomic E-state index is 13.0. The predicted molar refractivity (Wildman–Crippen MR) is 92.9 cm³/mol. The average Bonchev–Trinajstić information content (AvgIpc) is 2.88. The summed E-state index contributed by atoms with van der Waals surface area (Å²) in [7, 11) is 0. The summed E-state index contributed by atoms with van der Waals surface area (Å²) in [6.07, 6.45) is 3.92. The molecule has 0 spiro atoms. The van der Waals surface area contributed by atoms with Gasteiger partial charge in [-0.25, -0.2) is 0 Å². The number of carbonyl (C=O) groups excluding carboxylic acids is 1. The summed E-state index contributed by atoms with van der Waals surface area (Å²) < 4.78 is 5.81. The Morgan fingerprint density at radius 2 is 2.08 bits per heavy atom. The van der Waals surface area contributed by atoms with Gasteiger partial charge in [0.05, 0.1) is 17.7 Å². The lowest BCUT2D eigenvalue weighted by Gasteiger charge is -2.34. The second kappa shape index (κ2) is 7.92. The molecule has 132 valence electrons. The van der Waals surface area contributed by atoms with Crippen molar-refractivity contribution < 1.29 is 9.53 Å². The van der Waals surface area contributed by atoms with E-state index in [1.54, 1.807) is 0 Å².